The molecule has 3 N–H and O–H groups in total. The number of rotatable bonds is 6. The number of benzene rings is 1. The van der Waals surface area contributed by atoms with Crippen molar-refractivity contribution in [2.45, 2.75) is 58.9 Å². The van der Waals surface area contributed by atoms with Crippen LogP contribution in [0.1, 0.15) is 53.5 Å². The molecule has 0 spiro atoms. The molecular formula is C21H26N4O3S. The van der Waals surface area contributed by atoms with Crippen molar-refractivity contribution >= 4 is 28.4 Å². The first-order valence-electron chi connectivity index (χ1n) is 10.1. The Bertz CT molecular complexity index is 993. The third-order valence-electron chi connectivity index (χ3n) is 5.74. The van der Waals surface area contributed by atoms with Gasteiger partial charge in [0.1, 0.15) is 5.82 Å². The largest absolute Gasteiger partial charge is 0.331 e. The van der Waals surface area contributed by atoms with Crippen molar-refractivity contribution in [1.82, 2.24) is 14.3 Å². The van der Waals surface area contributed by atoms with Crippen LogP contribution in [0.2, 0.25) is 0 Å². The second-order valence-electron chi connectivity index (χ2n) is 7.61. The molecule has 1 atom stereocenters. The van der Waals surface area contributed by atoms with Gasteiger partial charge in [0, 0.05) is 24.6 Å². The molecule has 0 saturated heterocycles. The zero-order valence-electron chi connectivity index (χ0n) is 16.7. The number of nitrogens with zero attached hydrogens (tertiary/aromatic N) is 2. The van der Waals surface area contributed by atoms with Gasteiger partial charge in [0.15, 0.2) is 0 Å². The summed E-state index contributed by atoms with van der Waals surface area (Å²) in [4.78, 5) is 17.8. The summed E-state index contributed by atoms with van der Waals surface area (Å²) >= 11 is -2.27. The molecule has 0 radical (unpaired) electrons. The predicted molar refractivity (Wildman–Crippen MR) is 114 cm³/mol. The van der Waals surface area contributed by atoms with E-state index >= 15 is 0 Å². The van der Waals surface area contributed by atoms with Crippen LogP contribution in [0.4, 0.5) is 5.69 Å². The van der Waals surface area contributed by atoms with E-state index in [2.05, 4.69) is 21.1 Å². The van der Waals surface area contributed by atoms with Crippen LogP contribution < -0.4 is 10.0 Å². The molecule has 7 nitrogen and oxygen atoms in total. The second-order valence-corrected chi connectivity index (χ2v) is 8.34. The number of nitrogens with one attached hydrogen (secondary N) is 2. The summed E-state index contributed by atoms with van der Waals surface area (Å²) in [7, 11) is 0. The Labute approximate surface area is 173 Å². The van der Waals surface area contributed by atoms with Crippen LogP contribution in [-0.4, -0.2) is 24.2 Å². The summed E-state index contributed by atoms with van der Waals surface area (Å²) in [6.07, 6.45) is 9.41. The first-order chi connectivity index (χ1) is 14.0. The minimum Gasteiger partial charge on any atom is -0.331 e. The highest BCUT2D eigenvalue weighted by Gasteiger charge is 2.27. The molecule has 0 saturated carbocycles. The Kier molecular flexibility index (Phi) is 5.56. The molecule has 2 aliphatic rings. The summed E-state index contributed by atoms with van der Waals surface area (Å²) in [5.41, 5.74) is 7.13. The maximum Gasteiger partial charge on any atom is 0.260 e. The summed E-state index contributed by atoms with van der Waals surface area (Å²) < 4.78 is 24.5. The van der Waals surface area contributed by atoms with Gasteiger partial charge in [-0.1, -0.05) is 6.07 Å². The van der Waals surface area contributed by atoms with E-state index in [1.54, 1.807) is 0 Å². The lowest BCUT2D eigenvalue weighted by Gasteiger charge is -2.17. The van der Waals surface area contributed by atoms with Crippen molar-refractivity contribution in [3.63, 3.8) is 0 Å². The molecule has 4 rings (SSSR count). The monoisotopic (exact) mass is 414 g/mol. The minimum atomic E-state index is -2.27. The van der Waals surface area contributed by atoms with E-state index in [1.165, 1.54) is 28.5 Å². The number of carbonyl (C=O) groups is 1. The molecule has 8 heteroatoms. The standard InChI is InChI=1S/C21H26N4O3S/c1-3-25-12-13(2)23-20(25)18(11-22-29(27)28)21(26)24-19-16-8-4-6-14(16)10-15-7-5-9-17(15)19/h10-12,22H,3-9H2,1-2H3,(H,24,26)(H,27,28)/b18-11+. The zero-order chi connectivity index (χ0) is 20.5. The van der Waals surface area contributed by atoms with Crippen LogP contribution >= 0.6 is 0 Å². The lowest BCUT2D eigenvalue weighted by atomic mass is 9.98. The normalized spacial score (nSPS) is 16.4. The topological polar surface area (TPSA) is 96.2 Å². The fraction of sp³-hybridized carbons (Fsp3) is 0.429. The van der Waals surface area contributed by atoms with E-state index < -0.39 is 11.3 Å². The number of hydrogen-bond donors (Lipinski definition) is 3. The second kappa shape index (κ2) is 8.12. The van der Waals surface area contributed by atoms with Gasteiger partial charge in [0.25, 0.3) is 17.2 Å². The van der Waals surface area contributed by atoms with Crippen LogP contribution in [0.25, 0.3) is 5.57 Å². The molecule has 154 valence electrons. The minimum absolute atomic E-state index is 0.240. The maximum atomic E-state index is 13.3. The van der Waals surface area contributed by atoms with Gasteiger partial charge in [-0.2, -0.15) is 0 Å². The van der Waals surface area contributed by atoms with Gasteiger partial charge in [0.2, 0.25) is 0 Å². The van der Waals surface area contributed by atoms with Gasteiger partial charge in [-0.15, -0.1) is 0 Å². The molecule has 1 aromatic heterocycles. The highest BCUT2D eigenvalue weighted by molar-refractivity contribution is 7.77. The first kappa shape index (κ1) is 19.8. The number of carbonyl (C=O) groups excluding carboxylic acids is 1. The van der Waals surface area contributed by atoms with Gasteiger partial charge >= 0.3 is 0 Å². The van der Waals surface area contributed by atoms with Crippen molar-refractivity contribution < 1.29 is 13.6 Å². The quantitative estimate of drug-likeness (QED) is 0.500. The summed E-state index contributed by atoms with van der Waals surface area (Å²) in [5, 5.41) is 3.14. The molecule has 29 heavy (non-hydrogen) atoms. The number of imidazole rings is 1. The lowest BCUT2D eigenvalue weighted by molar-refractivity contribution is -0.111. The summed E-state index contributed by atoms with van der Waals surface area (Å²) in [6, 6.07) is 2.32. The number of fused-ring (bicyclic) bond motifs is 2. The molecular weight excluding hydrogens is 388 g/mol. The molecule has 2 aliphatic carbocycles. The molecule has 0 fully saturated rings. The van der Waals surface area contributed by atoms with Gasteiger partial charge < -0.3 is 9.88 Å². The molecule has 0 bridgehead atoms. The predicted octanol–water partition coefficient (Wildman–Crippen LogP) is 2.89. The number of aryl methyl sites for hydroxylation is 4. The van der Waals surface area contributed by atoms with Crippen LogP contribution in [0.3, 0.4) is 0 Å². The number of anilines is 1. The van der Waals surface area contributed by atoms with Crippen molar-refractivity contribution in [3.8, 4) is 0 Å². The van der Waals surface area contributed by atoms with Gasteiger partial charge in [-0.05, 0) is 74.6 Å². The Hall–Kier alpha value is -2.45. The molecule has 1 amide bonds. The van der Waals surface area contributed by atoms with E-state index in [9.17, 15) is 9.00 Å². The van der Waals surface area contributed by atoms with Crippen LogP contribution in [0, 0.1) is 6.92 Å². The molecule has 2 aromatic rings. The SMILES string of the molecule is CCn1cc(C)nc1/C(=C\NS(=O)O)C(=O)Nc1c2c(cc3c1CCC3)CCC2. The fourth-order valence-electron chi connectivity index (χ4n) is 4.49. The Balaban J connectivity index is 1.73. The van der Waals surface area contributed by atoms with Gasteiger partial charge in [0.05, 0.1) is 11.3 Å². The molecule has 1 aromatic carbocycles. The van der Waals surface area contributed by atoms with Gasteiger partial charge in [-0.3, -0.25) is 14.1 Å². The number of amides is 1. The van der Waals surface area contributed by atoms with Crippen LogP contribution in [-0.2, 0) is 48.3 Å². The molecule has 1 heterocycles. The average Bonchev–Trinajstić information content (AvgIpc) is 3.40. The number of hydrogen-bond acceptors (Lipinski definition) is 3. The van der Waals surface area contributed by atoms with E-state index in [4.69, 9.17) is 4.55 Å². The van der Waals surface area contributed by atoms with E-state index in [0.29, 0.717) is 12.4 Å². The number of aromatic nitrogens is 2. The van der Waals surface area contributed by atoms with E-state index in [0.717, 1.165) is 49.9 Å². The van der Waals surface area contributed by atoms with E-state index in [1.807, 2.05) is 24.6 Å². The fourth-order valence-corrected chi connectivity index (χ4v) is 4.71. The Morgan fingerprint density at radius 3 is 2.48 bits per heavy atom. The average molecular weight is 415 g/mol. The highest BCUT2D eigenvalue weighted by atomic mass is 32.2. The summed E-state index contributed by atoms with van der Waals surface area (Å²) in [5.74, 6) is 0.155. The van der Waals surface area contributed by atoms with Crippen molar-refractivity contribution in [3.05, 3.63) is 52.2 Å². The maximum absolute atomic E-state index is 13.3. The van der Waals surface area contributed by atoms with Crippen molar-refractivity contribution in [2.75, 3.05) is 5.32 Å². The van der Waals surface area contributed by atoms with Crippen molar-refractivity contribution in [1.29, 1.82) is 0 Å². The Morgan fingerprint density at radius 1 is 1.24 bits per heavy atom. The molecule has 0 aliphatic heterocycles. The lowest BCUT2D eigenvalue weighted by Crippen LogP contribution is -2.21. The van der Waals surface area contributed by atoms with Crippen molar-refractivity contribution in [2.24, 2.45) is 0 Å². The highest BCUT2D eigenvalue weighted by Crippen LogP contribution is 2.39. The van der Waals surface area contributed by atoms with Gasteiger partial charge in [-0.25, -0.2) is 9.19 Å². The molecule has 1 unspecified atom stereocenters. The zero-order valence-corrected chi connectivity index (χ0v) is 17.6. The summed E-state index contributed by atoms with van der Waals surface area (Å²) in [6.45, 7) is 4.47. The van der Waals surface area contributed by atoms with Crippen LogP contribution in [0.5, 0.6) is 0 Å². The smallest absolute Gasteiger partial charge is 0.260 e. The van der Waals surface area contributed by atoms with Crippen LogP contribution in [0.15, 0.2) is 18.5 Å². The Morgan fingerprint density at radius 2 is 1.90 bits per heavy atom. The third kappa shape index (κ3) is 3.86. The van der Waals surface area contributed by atoms with E-state index in [-0.39, 0.29) is 11.5 Å². The first-order valence-corrected chi connectivity index (χ1v) is 11.2. The third-order valence-corrected chi connectivity index (χ3v) is 6.06.